The molecule has 2 atom stereocenters. The first-order chi connectivity index (χ1) is 14.8. The van der Waals surface area contributed by atoms with Gasteiger partial charge in [-0.2, -0.15) is 0 Å². The number of hydrogen-bond donors (Lipinski definition) is 1. The van der Waals surface area contributed by atoms with Gasteiger partial charge in [-0.25, -0.2) is 12.8 Å². The van der Waals surface area contributed by atoms with Crippen molar-refractivity contribution in [2.45, 2.75) is 25.4 Å². The second-order valence-electron chi connectivity index (χ2n) is 7.44. The van der Waals surface area contributed by atoms with E-state index in [0.717, 1.165) is 17.7 Å². The Morgan fingerprint density at radius 2 is 2.06 bits per heavy atom. The lowest BCUT2D eigenvalue weighted by atomic mass is 10.1. The molecule has 6 nitrogen and oxygen atoms in total. The molecule has 0 radical (unpaired) electrons. The lowest BCUT2D eigenvalue weighted by Gasteiger charge is -2.26. The summed E-state index contributed by atoms with van der Waals surface area (Å²) in [6.07, 6.45) is 0.796. The molecule has 2 aromatic carbocycles. The fourth-order valence-corrected chi connectivity index (χ4v) is 6.95. The van der Waals surface area contributed by atoms with Gasteiger partial charge >= 0.3 is 0 Å². The average molecular weight is 526 g/mol. The van der Waals surface area contributed by atoms with Crippen molar-refractivity contribution >= 4 is 60.0 Å². The van der Waals surface area contributed by atoms with Crippen molar-refractivity contribution in [2.75, 3.05) is 27.5 Å². The van der Waals surface area contributed by atoms with Crippen LogP contribution in [0.1, 0.15) is 12.5 Å². The quantitative estimate of drug-likeness (QED) is 0.641. The number of amidine groups is 1. The van der Waals surface area contributed by atoms with E-state index in [0.29, 0.717) is 9.64 Å². The highest BCUT2D eigenvalue weighted by Gasteiger charge is 2.47. The summed E-state index contributed by atoms with van der Waals surface area (Å²) in [6, 6.07) is 11.3. The van der Waals surface area contributed by atoms with Gasteiger partial charge in [-0.05, 0) is 36.2 Å². The van der Waals surface area contributed by atoms with Crippen LogP contribution in [0.25, 0.3) is 0 Å². The summed E-state index contributed by atoms with van der Waals surface area (Å²) < 4.78 is 39.6. The van der Waals surface area contributed by atoms with Crippen LogP contribution in [0.2, 0.25) is 0 Å². The summed E-state index contributed by atoms with van der Waals surface area (Å²) in [6.45, 7) is 2.02. The van der Waals surface area contributed by atoms with Crippen LogP contribution >= 0.6 is 27.7 Å². The maximum Gasteiger partial charge on any atom is 0.234 e. The van der Waals surface area contributed by atoms with Crippen molar-refractivity contribution < 1.29 is 17.6 Å². The number of hydrogen-bond acceptors (Lipinski definition) is 6. The van der Waals surface area contributed by atoms with Gasteiger partial charge in [0.2, 0.25) is 5.91 Å². The summed E-state index contributed by atoms with van der Waals surface area (Å²) in [5.41, 5.74) is 2.07. The van der Waals surface area contributed by atoms with E-state index in [1.807, 2.05) is 31.2 Å². The minimum Gasteiger partial charge on any atom is -0.325 e. The monoisotopic (exact) mass is 525 g/mol. The minimum atomic E-state index is -3.24. The highest BCUT2D eigenvalue weighted by molar-refractivity contribution is 9.10. The van der Waals surface area contributed by atoms with Gasteiger partial charge in [-0.15, -0.1) is 0 Å². The van der Waals surface area contributed by atoms with E-state index in [2.05, 4.69) is 26.2 Å². The fourth-order valence-electron chi connectivity index (χ4n) is 3.86. The molecule has 31 heavy (non-hydrogen) atoms. The third-order valence-electron chi connectivity index (χ3n) is 5.28. The number of nitrogens with zero attached hydrogens (tertiary/aromatic N) is 2. The highest BCUT2D eigenvalue weighted by atomic mass is 79.9. The number of rotatable bonds is 5. The molecular weight excluding hydrogens is 505 g/mol. The first-order valence-corrected chi connectivity index (χ1v) is 13.4. The van der Waals surface area contributed by atoms with Gasteiger partial charge in [0, 0.05) is 10.2 Å². The molecule has 1 N–H and O–H groups in total. The Kier molecular flexibility index (Phi) is 6.41. The molecule has 0 aromatic heterocycles. The number of halogens is 2. The number of para-hydroxylation sites is 1. The Hall–Kier alpha value is -1.91. The number of sulfone groups is 1. The molecule has 164 valence electrons. The molecule has 4 rings (SSSR count). The van der Waals surface area contributed by atoms with Gasteiger partial charge in [-0.1, -0.05) is 52.8 Å². The lowest BCUT2D eigenvalue weighted by Crippen LogP contribution is -2.40. The molecule has 0 unspecified atom stereocenters. The van der Waals surface area contributed by atoms with Crippen molar-refractivity contribution in [3.63, 3.8) is 0 Å². The molecular formula is C21H21BrFN3O3S2. The van der Waals surface area contributed by atoms with Gasteiger partial charge in [0.15, 0.2) is 15.0 Å². The van der Waals surface area contributed by atoms with Crippen LogP contribution in [-0.4, -0.2) is 48.8 Å². The van der Waals surface area contributed by atoms with E-state index < -0.39 is 27.7 Å². The molecule has 2 aliphatic rings. The van der Waals surface area contributed by atoms with E-state index in [4.69, 9.17) is 0 Å². The number of amides is 1. The number of aliphatic imine (C=N–C) groups is 1. The SMILES string of the molecule is CCc1ccccc1NC(=O)CSC1=N[C@@H]2CS(=O)(=O)C[C@H]2N1c1ccc(Br)cc1F. The summed E-state index contributed by atoms with van der Waals surface area (Å²) in [5, 5.41) is 3.38. The summed E-state index contributed by atoms with van der Waals surface area (Å²) >= 11 is 4.43. The van der Waals surface area contributed by atoms with E-state index >= 15 is 0 Å². The molecule has 1 saturated heterocycles. The molecule has 0 aliphatic carbocycles. The van der Waals surface area contributed by atoms with Crippen LogP contribution < -0.4 is 10.2 Å². The van der Waals surface area contributed by atoms with E-state index in [-0.39, 0.29) is 28.9 Å². The summed E-state index contributed by atoms with van der Waals surface area (Å²) in [5.74, 6) is -0.746. The number of carbonyl (C=O) groups excluding carboxylic acids is 1. The standard InChI is InChI=1S/C21H21BrFN3O3S2/c1-2-13-5-3-4-6-16(13)24-20(27)10-30-21-25-17-11-31(28,29)12-19(17)26(21)18-8-7-14(22)9-15(18)23/h3-9,17,19H,2,10-12H2,1H3,(H,24,27)/t17-,19-/m1/s1. The predicted molar refractivity (Wildman–Crippen MR) is 127 cm³/mol. The molecule has 2 aliphatic heterocycles. The fraction of sp³-hybridized carbons (Fsp3) is 0.333. The predicted octanol–water partition coefficient (Wildman–Crippen LogP) is 3.86. The number of nitrogens with one attached hydrogen (secondary N) is 1. The zero-order valence-corrected chi connectivity index (χ0v) is 19.9. The lowest BCUT2D eigenvalue weighted by molar-refractivity contribution is -0.113. The van der Waals surface area contributed by atoms with Gasteiger partial charge in [0.25, 0.3) is 0 Å². The highest BCUT2D eigenvalue weighted by Crippen LogP contribution is 2.37. The zero-order valence-electron chi connectivity index (χ0n) is 16.7. The van der Waals surface area contributed by atoms with E-state index in [9.17, 15) is 17.6 Å². The number of aryl methyl sites for hydroxylation is 1. The number of thioether (sulfide) groups is 1. The maximum absolute atomic E-state index is 14.7. The van der Waals surface area contributed by atoms with Crippen LogP contribution in [0.4, 0.5) is 15.8 Å². The third-order valence-corrected chi connectivity index (χ3v) is 8.44. The number of benzene rings is 2. The molecule has 1 amide bonds. The van der Waals surface area contributed by atoms with Crippen molar-refractivity contribution in [3.05, 3.63) is 58.3 Å². The minimum absolute atomic E-state index is 0.0631. The van der Waals surface area contributed by atoms with Crippen LogP contribution in [-0.2, 0) is 21.1 Å². The Morgan fingerprint density at radius 1 is 1.29 bits per heavy atom. The molecule has 1 fully saturated rings. The van der Waals surface area contributed by atoms with E-state index in [1.165, 1.54) is 17.8 Å². The molecule has 0 saturated carbocycles. The maximum atomic E-state index is 14.7. The first-order valence-electron chi connectivity index (χ1n) is 9.80. The number of carbonyl (C=O) groups is 1. The van der Waals surface area contributed by atoms with Gasteiger partial charge in [0.1, 0.15) is 5.82 Å². The second-order valence-corrected chi connectivity index (χ2v) is 11.4. The zero-order chi connectivity index (χ0) is 22.2. The average Bonchev–Trinajstić information content (AvgIpc) is 3.18. The Morgan fingerprint density at radius 3 is 2.81 bits per heavy atom. The molecule has 0 spiro atoms. The van der Waals surface area contributed by atoms with Gasteiger partial charge in [0.05, 0.1) is 35.0 Å². The Bertz CT molecular complexity index is 1160. The smallest absolute Gasteiger partial charge is 0.234 e. The van der Waals surface area contributed by atoms with Crippen molar-refractivity contribution in [2.24, 2.45) is 4.99 Å². The molecule has 0 bridgehead atoms. The van der Waals surface area contributed by atoms with Crippen LogP contribution in [0.3, 0.4) is 0 Å². The van der Waals surface area contributed by atoms with Gasteiger partial charge < -0.3 is 10.2 Å². The third kappa shape index (κ3) is 4.80. The van der Waals surface area contributed by atoms with E-state index in [1.54, 1.807) is 17.0 Å². The summed E-state index contributed by atoms with van der Waals surface area (Å²) in [7, 11) is -3.24. The number of anilines is 2. The van der Waals surface area contributed by atoms with Crippen LogP contribution in [0.5, 0.6) is 0 Å². The first kappa shape index (κ1) is 22.3. The molecule has 10 heteroatoms. The normalized spacial score (nSPS) is 21.6. The van der Waals surface area contributed by atoms with Crippen molar-refractivity contribution in [3.8, 4) is 0 Å². The topological polar surface area (TPSA) is 78.8 Å². The van der Waals surface area contributed by atoms with Crippen molar-refractivity contribution in [1.82, 2.24) is 0 Å². The largest absolute Gasteiger partial charge is 0.325 e. The summed E-state index contributed by atoms with van der Waals surface area (Å²) in [4.78, 5) is 18.7. The Labute approximate surface area is 193 Å². The molecule has 2 aromatic rings. The molecule has 2 heterocycles. The van der Waals surface area contributed by atoms with Crippen LogP contribution in [0.15, 0.2) is 51.9 Å². The van der Waals surface area contributed by atoms with Gasteiger partial charge in [-0.3, -0.25) is 9.79 Å². The second kappa shape index (κ2) is 8.91. The number of fused-ring (bicyclic) bond motifs is 1. The van der Waals surface area contributed by atoms with Crippen LogP contribution in [0, 0.1) is 5.82 Å². The Balaban J connectivity index is 1.53. The van der Waals surface area contributed by atoms with Crippen molar-refractivity contribution in [1.29, 1.82) is 0 Å².